The Kier molecular flexibility index (Phi) is 5.09. The van der Waals surface area contributed by atoms with E-state index >= 15 is 0 Å². The molecule has 28 heavy (non-hydrogen) atoms. The van der Waals surface area contributed by atoms with Crippen LogP contribution < -0.4 is 14.8 Å². The Labute approximate surface area is 168 Å². The molecule has 0 saturated carbocycles. The summed E-state index contributed by atoms with van der Waals surface area (Å²) in [7, 11) is 0. The number of ether oxygens (including phenoxy) is 2. The molecule has 1 aromatic carbocycles. The second-order valence-electron chi connectivity index (χ2n) is 7.43. The van der Waals surface area contributed by atoms with Gasteiger partial charge in [0.2, 0.25) is 0 Å². The average molecular weight is 398 g/mol. The van der Waals surface area contributed by atoms with Crippen molar-refractivity contribution in [2.45, 2.75) is 31.9 Å². The molecule has 146 valence electrons. The Morgan fingerprint density at radius 3 is 3.04 bits per heavy atom. The number of thiophene rings is 1. The minimum Gasteiger partial charge on any atom is -0.483 e. The van der Waals surface area contributed by atoms with Gasteiger partial charge in [-0.1, -0.05) is 12.1 Å². The van der Waals surface area contributed by atoms with Crippen LogP contribution in [-0.2, 0) is 11.2 Å². The topological polar surface area (TPSA) is 65.4 Å². The Morgan fingerprint density at radius 2 is 2.29 bits per heavy atom. The first kappa shape index (κ1) is 18.6. The van der Waals surface area contributed by atoms with E-state index in [-0.39, 0.29) is 24.2 Å². The maximum atomic E-state index is 12.4. The number of carbonyl (C=O) groups excluding carboxylic acids is 1. The molecule has 2 aromatic heterocycles. The van der Waals surface area contributed by atoms with Crippen LogP contribution in [0.2, 0.25) is 0 Å². The molecule has 1 aliphatic heterocycles. The first-order chi connectivity index (χ1) is 13.5. The summed E-state index contributed by atoms with van der Waals surface area (Å²) in [5.41, 5.74) is 1.98. The van der Waals surface area contributed by atoms with Gasteiger partial charge in [-0.15, -0.1) is 0 Å². The van der Waals surface area contributed by atoms with E-state index in [4.69, 9.17) is 9.47 Å². The highest BCUT2D eigenvalue weighted by atomic mass is 32.1. The molecule has 0 spiro atoms. The summed E-state index contributed by atoms with van der Waals surface area (Å²) in [5, 5.41) is 11.4. The van der Waals surface area contributed by atoms with E-state index < -0.39 is 0 Å². The SMILES string of the molecule is CC1(C)Cc2cccc(OCC(=O)NCC(c3ccsc3)n3cccn3)c2O1. The third kappa shape index (κ3) is 4.04. The van der Waals surface area contributed by atoms with E-state index in [9.17, 15) is 4.79 Å². The maximum absolute atomic E-state index is 12.4. The van der Waals surface area contributed by atoms with Crippen LogP contribution in [0, 0.1) is 0 Å². The number of hydrogen-bond donors (Lipinski definition) is 1. The lowest BCUT2D eigenvalue weighted by atomic mass is 10.0. The fourth-order valence-electron chi connectivity index (χ4n) is 3.40. The Hall–Kier alpha value is -2.80. The van der Waals surface area contributed by atoms with Gasteiger partial charge in [0, 0.05) is 30.9 Å². The minimum atomic E-state index is -0.248. The largest absolute Gasteiger partial charge is 0.483 e. The molecule has 1 unspecified atom stereocenters. The highest BCUT2D eigenvalue weighted by Crippen LogP contribution is 2.41. The van der Waals surface area contributed by atoms with Crippen molar-refractivity contribution in [1.82, 2.24) is 15.1 Å². The molecule has 3 heterocycles. The number of nitrogens with zero attached hydrogens (tertiary/aromatic N) is 2. The number of para-hydroxylation sites is 1. The van der Waals surface area contributed by atoms with Crippen molar-refractivity contribution in [3.05, 3.63) is 64.6 Å². The second kappa shape index (κ2) is 7.67. The third-order valence-electron chi connectivity index (χ3n) is 4.68. The Morgan fingerprint density at radius 1 is 1.39 bits per heavy atom. The molecule has 1 N–H and O–H groups in total. The van der Waals surface area contributed by atoms with Crippen LogP contribution in [0.1, 0.15) is 31.0 Å². The van der Waals surface area contributed by atoms with Gasteiger partial charge in [0.1, 0.15) is 5.60 Å². The van der Waals surface area contributed by atoms with E-state index in [1.165, 1.54) is 0 Å². The number of rotatable bonds is 7. The number of carbonyl (C=O) groups is 1. The zero-order valence-electron chi connectivity index (χ0n) is 15.9. The second-order valence-corrected chi connectivity index (χ2v) is 8.21. The molecule has 0 radical (unpaired) electrons. The summed E-state index contributed by atoms with van der Waals surface area (Å²) >= 11 is 1.63. The number of aromatic nitrogens is 2. The zero-order valence-corrected chi connectivity index (χ0v) is 16.7. The van der Waals surface area contributed by atoms with Gasteiger partial charge in [0.15, 0.2) is 18.1 Å². The van der Waals surface area contributed by atoms with Gasteiger partial charge in [-0.3, -0.25) is 9.48 Å². The molecule has 0 saturated heterocycles. The van der Waals surface area contributed by atoms with E-state index in [1.807, 2.05) is 60.4 Å². The van der Waals surface area contributed by atoms with Gasteiger partial charge < -0.3 is 14.8 Å². The number of nitrogens with one attached hydrogen (secondary N) is 1. The maximum Gasteiger partial charge on any atom is 0.258 e. The standard InChI is InChI=1S/C21H23N3O3S/c1-21(2)11-15-5-3-6-18(20(15)27-21)26-13-19(25)22-12-17(16-7-10-28-14-16)24-9-4-8-23-24/h3-10,14,17H,11-13H2,1-2H3,(H,22,25). The highest BCUT2D eigenvalue weighted by Gasteiger charge is 2.32. The molecule has 6 nitrogen and oxygen atoms in total. The predicted octanol–water partition coefficient (Wildman–Crippen LogP) is 3.44. The van der Waals surface area contributed by atoms with Gasteiger partial charge in [-0.05, 0) is 48.4 Å². The third-order valence-corrected chi connectivity index (χ3v) is 5.38. The lowest BCUT2D eigenvalue weighted by Crippen LogP contribution is -2.34. The molecule has 0 aliphatic carbocycles. The lowest BCUT2D eigenvalue weighted by molar-refractivity contribution is -0.123. The average Bonchev–Trinajstić information content (AvgIpc) is 3.40. The summed E-state index contributed by atoms with van der Waals surface area (Å²) < 4.78 is 13.6. The van der Waals surface area contributed by atoms with Crippen LogP contribution in [0.15, 0.2) is 53.5 Å². The van der Waals surface area contributed by atoms with Crippen LogP contribution in [0.5, 0.6) is 11.5 Å². The van der Waals surface area contributed by atoms with E-state index in [1.54, 1.807) is 17.5 Å². The van der Waals surface area contributed by atoms with Gasteiger partial charge in [0.05, 0.1) is 6.04 Å². The number of amides is 1. The molecule has 1 atom stereocenters. The molecule has 0 fully saturated rings. The summed E-state index contributed by atoms with van der Waals surface area (Å²) in [5.74, 6) is 1.18. The van der Waals surface area contributed by atoms with Crippen molar-refractivity contribution in [2.75, 3.05) is 13.2 Å². The Balaban J connectivity index is 1.36. The fourth-order valence-corrected chi connectivity index (χ4v) is 4.11. The minimum absolute atomic E-state index is 0.0460. The van der Waals surface area contributed by atoms with E-state index in [0.717, 1.165) is 23.3 Å². The Bertz CT molecular complexity index is 902. The predicted molar refractivity (Wildman–Crippen MR) is 108 cm³/mol. The summed E-state index contributed by atoms with van der Waals surface area (Å²) in [4.78, 5) is 12.4. The number of benzene rings is 1. The van der Waals surface area contributed by atoms with Gasteiger partial charge in [-0.2, -0.15) is 16.4 Å². The number of hydrogen-bond acceptors (Lipinski definition) is 5. The first-order valence-electron chi connectivity index (χ1n) is 9.23. The van der Waals surface area contributed by atoms with Gasteiger partial charge in [0.25, 0.3) is 5.91 Å². The highest BCUT2D eigenvalue weighted by molar-refractivity contribution is 7.07. The van der Waals surface area contributed by atoms with Crippen molar-refractivity contribution < 1.29 is 14.3 Å². The fraction of sp³-hybridized carbons (Fsp3) is 0.333. The first-order valence-corrected chi connectivity index (χ1v) is 10.2. The molecular weight excluding hydrogens is 374 g/mol. The molecule has 4 rings (SSSR count). The van der Waals surface area contributed by atoms with Crippen molar-refractivity contribution >= 4 is 17.2 Å². The van der Waals surface area contributed by atoms with Crippen LogP contribution in [0.4, 0.5) is 0 Å². The molecule has 7 heteroatoms. The van der Waals surface area contributed by atoms with Crippen molar-refractivity contribution in [3.8, 4) is 11.5 Å². The molecule has 0 bridgehead atoms. The van der Waals surface area contributed by atoms with Gasteiger partial charge >= 0.3 is 0 Å². The van der Waals surface area contributed by atoms with Crippen LogP contribution in [-0.4, -0.2) is 34.4 Å². The van der Waals surface area contributed by atoms with E-state index in [2.05, 4.69) is 15.8 Å². The quantitative estimate of drug-likeness (QED) is 0.663. The summed E-state index contributed by atoms with van der Waals surface area (Å²) in [6.07, 6.45) is 4.47. The monoisotopic (exact) mass is 397 g/mol. The molecule has 1 amide bonds. The molecular formula is C21H23N3O3S. The van der Waals surface area contributed by atoms with E-state index in [0.29, 0.717) is 12.3 Å². The normalized spacial score (nSPS) is 15.5. The van der Waals surface area contributed by atoms with Crippen LogP contribution >= 0.6 is 11.3 Å². The summed E-state index contributed by atoms with van der Waals surface area (Å²) in [6, 6.07) is 9.68. The molecule has 1 aliphatic rings. The van der Waals surface area contributed by atoms with Crippen LogP contribution in [0.3, 0.4) is 0 Å². The summed E-state index contributed by atoms with van der Waals surface area (Å²) in [6.45, 7) is 4.47. The lowest BCUT2D eigenvalue weighted by Gasteiger charge is -2.19. The molecule has 3 aromatic rings. The number of fused-ring (bicyclic) bond motifs is 1. The van der Waals surface area contributed by atoms with Crippen LogP contribution in [0.25, 0.3) is 0 Å². The zero-order chi connectivity index (χ0) is 19.6. The van der Waals surface area contributed by atoms with Gasteiger partial charge in [-0.25, -0.2) is 0 Å². The van der Waals surface area contributed by atoms with Crippen molar-refractivity contribution in [1.29, 1.82) is 0 Å². The smallest absolute Gasteiger partial charge is 0.258 e. The van der Waals surface area contributed by atoms with Crippen molar-refractivity contribution in [3.63, 3.8) is 0 Å². The van der Waals surface area contributed by atoms with Crippen molar-refractivity contribution in [2.24, 2.45) is 0 Å².